The average molecular weight is 272 g/mol. The van der Waals surface area contributed by atoms with Crippen molar-refractivity contribution < 1.29 is 8.42 Å². The molecule has 1 atom stereocenters. The third-order valence-corrected chi connectivity index (χ3v) is 4.66. The van der Waals surface area contributed by atoms with Gasteiger partial charge in [0.15, 0.2) is 0 Å². The molecule has 0 aliphatic carbocycles. The van der Waals surface area contributed by atoms with Gasteiger partial charge in [0.2, 0.25) is 10.0 Å². The van der Waals surface area contributed by atoms with Crippen molar-refractivity contribution in [3.8, 4) is 0 Å². The summed E-state index contributed by atoms with van der Waals surface area (Å²) in [5, 5.41) is 0. The maximum Gasteiger partial charge on any atom is 0.211 e. The van der Waals surface area contributed by atoms with Crippen molar-refractivity contribution in [2.75, 3.05) is 19.3 Å². The van der Waals surface area contributed by atoms with E-state index < -0.39 is 10.0 Å². The minimum absolute atomic E-state index is 0.341. The Labute approximate surface area is 108 Å². The minimum atomic E-state index is -3.07. The van der Waals surface area contributed by atoms with Crippen LogP contribution in [0, 0.1) is 5.92 Å². The number of sulfonamides is 1. The molecule has 1 aromatic rings. The molecule has 1 saturated heterocycles. The summed E-state index contributed by atoms with van der Waals surface area (Å²) in [6, 6.07) is 0. The number of nitrogens with two attached hydrogens (primary N) is 1. The van der Waals surface area contributed by atoms with Crippen LogP contribution in [-0.2, 0) is 23.1 Å². The maximum absolute atomic E-state index is 11.5. The molecule has 0 radical (unpaired) electrons. The molecule has 1 aliphatic heterocycles. The Kier molecular flexibility index (Phi) is 4.04. The second kappa shape index (κ2) is 5.38. The summed E-state index contributed by atoms with van der Waals surface area (Å²) in [5.41, 5.74) is 5.61. The first-order valence-corrected chi connectivity index (χ1v) is 8.00. The molecule has 0 amide bonds. The number of imidazole rings is 1. The molecule has 18 heavy (non-hydrogen) atoms. The van der Waals surface area contributed by atoms with Gasteiger partial charge in [-0.15, -0.1) is 0 Å². The lowest BCUT2D eigenvalue weighted by Gasteiger charge is -2.31. The average Bonchev–Trinajstić information content (AvgIpc) is 2.75. The number of piperidine rings is 1. The Morgan fingerprint density at radius 2 is 2.33 bits per heavy atom. The van der Waals surface area contributed by atoms with Gasteiger partial charge in [-0.3, -0.25) is 0 Å². The van der Waals surface area contributed by atoms with Crippen LogP contribution in [0.4, 0.5) is 0 Å². The van der Waals surface area contributed by atoms with Gasteiger partial charge in [0.25, 0.3) is 0 Å². The first-order valence-electron chi connectivity index (χ1n) is 6.16. The van der Waals surface area contributed by atoms with E-state index in [2.05, 4.69) is 4.98 Å². The largest absolute Gasteiger partial charge is 0.334 e. The molecule has 1 aliphatic rings. The molecule has 1 unspecified atom stereocenters. The van der Waals surface area contributed by atoms with Gasteiger partial charge in [-0.1, -0.05) is 0 Å². The third-order valence-electron chi connectivity index (χ3n) is 3.39. The van der Waals surface area contributed by atoms with E-state index in [0.29, 0.717) is 25.6 Å². The van der Waals surface area contributed by atoms with Crippen molar-refractivity contribution in [2.45, 2.75) is 25.9 Å². The molecule has 2 heterocycles. The molecule has 0 aromatic carbocycles. The highest BCUT2D eigenvalue weighted by Crippen LogP contribution is 2.20. The normalized spacial score (nSPS) is 22.2. The van der Waals surface area contributed by atoms with E-state index in [-0.39, 0.29) is 0 Å². The van der Waals surface area contributed by atoms with E-state index in [1.807, 2.05) is 10.8 Å². The van der Waals surface area contributed by atoms with Crippen molar-refractivity contribution in [1.82, 2.24) is 13.9 Å². The molecule has 1 fully saturated rings. The highest BCUT2D eigenvalue weighted by atomic mass is 32.2. The smallest absolute Gasteiger partial charge is 0.211 e. The second-order valence-electron chi connectivity index (χ2n) is 4.83. The van der Waals surface area contributed by atoms with Gasteiger partial charge in [0, 0.05) is 32.0 Å². The van der Waals surface area contributed by atoms with Gasteiger partial charge in [0.05, 0.1) is 12.8 Å². The summed E-state index contributed by atoms with van der Waals surface area (Å²) in [6.45, 7) is 2.44. The molecular formula is C11H20N4O2S. The first kappa shape index (κ1) is 13.5. The topological polar surface area (TPSA) is 81.2 Å². The number of aromatic nitrogens is 2. The summed E-state index contributed by atoms with van der Waals surface area (Å²) >= 11 is 0. The van der Waals surface area contributed by atoms with Crippen LogP contribution in [0.3, 0.4) is 0 Å². The predicted octanol–water partition coefficient (Wildman–Crippen LogP) is 0.0134. The van der Waals surface area contributed by atoms with E-state index in [1.54, 1.807) is 10.5 Å². The highest BCUT2D eigenvalue weighted by Gasteiger charge is 2.26. The van der Waals surface area contributed by atoms with Crippen molar-refractivity contribution in [3.63, 3.8) is 0 Å². The van der Waals surface area contributed by atoms with Gasteiger partial charge >= 0.3 is 0 Å². The van der Waals surface area contributed by atoms with Crippen molar-refractivity contribution in [3.05, 3.63) is 18.2 Å². The van der Waals surface area contributed by atoms with Crippen molar-refractivity contribution in [1.29, 1.82) is 0 Å². The van der Waals surface area contributed by atoms with E-state index in [9.17, 15) is 8.42 Å². The first-order chi connectivity index (χ1) is 8.50. The predicted molar refractivity (Wildman–Crippen MR) is 69.3 cm³/mol. The molecule has 1 aromatic heterocycles. The fourth-order valence-electron chi connectivity index (χ4n) is 2.45. The van der Waals surface area contributed by atoms with Gasteiger partial charge in [0.1, 0.15) is 5.82 Å². The second-order valence-corrected chi connectivity index (χ2v) is 6.81. The Hall–Kier alpha value is -0.920. The van der Waals surface area contributed by atoms with E-state index in [1.165, 1.54) is 6.26 Å². The third kappa shape index (κ3) is 3.09. The van der Waals surface area contributed by atoms with Crippen LogP contribution in [0.2, 0.25) is 0 Å². The zero-order valence-corrected chi connectivity index (χ0v) is 11.4. The van der Waals surface area contributed by atoms with Crippen molar-refractivity contribution in [2.24, 2.45) is 11.7 Å². The Balaban J connectivity index is 2.02. The molecule has 0 saturated carbocycles. The zero-order valence-electron chi connectivity index (χ0n) is 10.6. The van der Waals surface area contributed by atoms with Gasteiger partial charge in [-0.25, -0.2) is 17.7 Å². The van der Waals surface area contributed by atoms with Crippen LogP contribution >= 0.6 is 0 Å². The van der Waals surface area contributed by atoms with Crippen LogP contribution < -0.4 is 5.73 Å². The maximum atomic E-state index is 11.5. The number of hydrogen-bond donors (Lipinski definition) is 1. The van der Waals surface area contributed by atoms with E-state index in [4.69, 9.17) is 5.73 Å². The van der Waals surface area contributed by atoms with Gasteiger partial charge in [-0.05, 0) is 18.8 Å². The van der Waals surface area contributed by atoms with Crippen LogP contribution in [0.1, 0.15) is 18.7 Å². The van der Waals surface area contributed by atoms with E-state index >= 15 is 0 Å². The Bertz CT molecular complexity index is 497. The summed E-state index contributed by atoms with van der Waals surface area (Å²) in [4.78, 5) is 4.17. The highest BCUT2D eigenvalue weighted by molar-refractivity contribution is 7.88. The van der Waals surface area contributed by atoms with Gasteiger partial charge in [-0.2, -0.15) is 0 Å². The molecule has 0 spiro atoms. The van der Waals surface area contributed by atoms with Crippen LogP contribution in [-0.4, -0.2) is 41.6 Å². The Morgan fingerprint density at radius 1 is 1.56 bits per heavy atom. The lowest BCUT2D eigenvalue weighted by Crippen LogP contribution is -2.40. The fraction of sp³-hybridized carbons (Fsp3) is 0.727. The minimum Gasteiger partial charge on any atom is -0.334 e. The molecular weight excluding hydrogens is 252 g/mol. The number of nitrogens with zero attached hydrogens (tertiary/aromatic N) is 3. The molecule has 2 N–H and O–H groups in total. The standard InChI is InChI=1S/C11H20N4O2S/c1-18(16,17)15-5-2-3-10(9-15)8-14-6-4-13-11(14)7-12/h4,6,10H,2-3,5,7-9,12H2,1H3. The molecule has 0 bridgehead atoms. The summed E-state index contributed by atoms with van der Waals surface area (Å²) in [7, 11) is -3.07. The molecule has 6 nitrogen and oxygen atoms in total. The quantitative estimate of drug-likeness (QED) is 0.837. The molecule has 7 heteroatoms. The summed E-state index contributed by atoms with van der Waals surface area (Å²) < 4.78 is 26.7. The van der Waals surface area contributed by atoms with E-state index in [0.717, 1.165) is 25.2 Å². The zero-order chi connectivity index (χ0) is 13.2. The van der Waals surface area contributed by atoms with Crippen LogP contribution in [0.25, 0.3) is 0 Å². The molecule has 2 rings (SSSR count). The van der Waals surface area contributed by atoms with Crippen LogP contribution in [0.5, 0.6) is 0 Å². The van der Waals surface area contributed by atoms with Crippen molar-refractivity contribution >= 4 is 10.0 Å². The lowest BCUT2D eigenvalue weighted by molar-refractivity contribution is 0.245. The monoisotopic (exact) mass is 272 g/mol. The Morgan fingerprint density at radius 3 is 3.00 bits per heavy atom. The van der Waals surface area contributed by atoms with Crippen LogP contribution in [0.15, 0.2) is 12.4 Å². The summed E-state index contributed by atoms with van der Waals surface area (Å²) in [5.74, 6) is 1.19. The fourth-order valence-corrected chi connectivity index (χ4v) is 3.39. The molecule has 102 valence electrons. The lowest BCUT2D eigenvalue weighted by atomic mass is 9.99. The van der Waals surface area contributed by atoms with Gasteiger partial charge < -0.3 is 10.3 Å². The number of hydrogen-bond acceptors (Lipinski definition) is 4. The number of rotatable bonds is 4. The SMILES string of the molecule is CS(=O)(=O)N1CCCC(Cn2ccnc2CN)C1. The summed E-state index contributed by atoms with van der Waals surface area (Å²) in [6.07, 6.45) is 6.89.